The van der Waals surface area contributed by atoms with Crippen molar-refractivity contribution in [1.29, 1.82) is 0 Å². The van der Waals surface area contributed by atoms with Gasteiger partial charge in [-0.05, 0) is 54.4 Å². The Bertz CT molecular complexity index is 426. The average molecular weight is 328 g/mol. The zero-order chi connectivity index (χ0) is 17.5. The fraction of sp³-hybridized carbons (Fsp3) is 0.882. The van der Waals surface area contributed by atoms with Crippen LogP contribution in [0.25, 0.3) is 0 Å². The maximum absolute atomic E-state index is 12.4. The summed E-state index contributed by atoms with van der Waals surface area (Å²) in [6, 6.07) is 0. The smallest absolute Gasteiger partial charge is 0.339 e. The molecule has 0 aromatic rings. The van der Waals surface area contributed by atoms with Gasteiger partial charge in [0, 0.05) is 12.8 Å². The summed E-state index contributed by atoms with van der Waals surface area (Å²) in [6.07, 6.45) is 1.07. The van der Waals surface area contributed by atoms with Crippen LogP contribution < -0.4 is 0 Å². The molecule has 0 amide bonds. The van der Waals surface area contributed by atoms with Crippen molar-refractivity contribution in [1.82, 2.24) is 0 Å². The summed E-state index contributed by atoms with van der Waals surface area (Å²) in [6.45, 7) is 10.6. The van der Waals surface area contributed by atoms with Crippen molar-refractivity contribution in [3.05, 3.63) is 0 Å². The Hall–Kier alpha value is -1.14. The van der Waals surface area contributed by atoms with E-state index in [-0.39, 0.29) is 0 Å². The molecule has 2 atom stereocenters. The van der Waals surface area contributed by atoms with Crippen molar-refractivity contribution < 1.29 is 28.5 Å². The van der Waals surface area contributed by atoms with Crippen LogP contribution in [0.5, 0.6) is 0 Å². The van der Waals surface area contributed by atoms with E-state index in [2.05, 4.69) is 0 Å². The molecule has 2 aliphatic rings. The second kappa shape index (κ2) is 6.06. The second-order valence-corrected chi connectivity index (χ2v) is 8.26. The van der Waals surface area contributed by atoms with E-state index >= 15 is 0 Å². The van der Waals surface area contributed by atoms with Crippen LogP contribution in [-0.4, -0.2) is 41.1 Å². The Balaban J connectivity index is 2.17. The van der Waals surface area contributed by atoms with E-state index in [0.29, 0.717) is 12.8 Å². The molecule has 1 heterocycles. The lowest BCUT2D eigenvalue weighted by molar-refractivity contribution is -0.191. The lowest BCUT2D eigenvalue weighted by Crippen LogP contribution is -2.43. The number of ether oxygens (including phenoxy) is 4. The highest BCUT2D eigenvalue weighted by Crippen LogP contribution is 2.43. The maximum Gasteiger partial charge on any atom is 0.339 e. The number of hydrogen-bond donors (Lipinski definition) is 0. The van der Waals surface area contributed by atoms with Crippen LogP contribution in [0.4, 0.5) is 0 Å². The van der Waals surface area contributed by atoms with Gasteiger partial charge in [-0.15, -0.1) is 0 Å². The van der Waals surface area contributed by atoms with E-state index in [1.165, 1.54) is 0 Å². The zero-order valence-corrected chi connectivity index (χ0v) is 14.9. The molecule has 1 saturated carbocycles. The quantitative estimate of drug-likeness (QED) is 0.726. The largest absolute Gasteiger partial charge is 0.458 e. The summed E-state index contributed by atoms with van der Waals surface area (Å²) in [5.41, 5.74) is -1.32. The molecule has 0 unspecified atom stereocenters. The van der Waals surface area contributed by atoms with E-state index in [4.69, 9.17) is 18.9 Å². The maximum atomic E-state index is 12.4. The highest BCUT2D eigenvalue weighted by Gasteiger charge is 2.56. The molecule has 1 aliphatic heterocycles. The molecule has 0 radical (unpaired) electrons. The predicted octanol–water partition coefficient (Wildman–Crippen LogP) is 2.72. The van der Waals surface area contributed by atoms with Crippen LogP contribution in [0.15, 0.2) is 0 Å². The van der Waals surface area contributed by atoms with Gasteiger partial charge in [-0.1, -0.05) is 0 Å². The lowest BCUT2D eigenvalue weighted by Gasteiger charge is -2.25. The Morgan fingerprint density at radius 2 is 1.17 bits per heavy atom. The van der Waals surface area contributed by atoms with Crippen molar-refractivity contribution in [3.8, 4) is 0 Å². The fourth-order valence-electron chi connectivity index (χ4n) is 2.83. The number of esters is 2. The summed E-state index contributed by atoms with van der Waals surface area (Å²) in [5.74, 6) is -2.03. The minimum absolute atomic E-state index is 0.586. The van der Waals surface area contributed by atoms with Gasteiger partial charge >= 0.3 is 11.9 Å². The number of rotatable bonds is 2. The van der Waals surface area contributed by atoms with Crippen molar-refractivity contribution in [2.24, 2.45) is 0 Å². The molecular formula is C17H28O6. The topological polar surface area (TPSA) is 71.1 Å². The normalized spacial score (nSPS) is 27.2. The van der Waals surface area contributed by atoms with Gasteiger partial charge in [0.15, 0.2) is 18.0 Å². The van der Waals surface area contributed by atoms with Gasteiger partial charge in [0.1, 0.15) is 11.2 Å². The summed E-state index contributed by atoms with van der Waals surface area (Å²) in [7, 11) is 0. The Morgan fingerprint density at radius 1 is 0.826 bits per heavy atom. The van der Waals surface area contributed by atoms with Crippen LogP contribution in [-0.2, 0) is 28.5 Å². The number of carbonyl (C=O) groups is 2. The van der Waals surface area contributed by atoms with Crippen molar-refractivity contribution in [3.63, 3.8) is 0 Å². The van der Waals surface area contributed by atoms with Gasteiger partial charge in [0.25, 0.3) is 0 Å². The minimum atomic E-state index is -1.08. The third-order valence-electron chi connectivity index (χ3n) is 3.60. The van der Waals surface area contributed by atoms with E-state index in [1.807, 2.05) is 0 Å². The third kappa shape index (κ3) is 4.67. The van der Waals surface area contributed by atoms with Crippen molar-refractivity contribution in [2.45, 2.75) is 96.4 Å². The molecule has 0 aromatic heterocycles. The minimum Gasteiger partial charge on any atom is -0.458 e. The zero-order valence-electron chi connectivity index (χ0n) is 14.9. The number of hydrogen-bond acceptors (Lipinski definition) is 6. The highest BCUT2D eigenvalue weighted by atomic mass is 16.8. The van der Waals surface area contributed by atoms with Gasteiger partial charge < -0.3 is 18.9 Å². The predicted molar refractivity (Wildman–Crippen MR) is 82.6 cm³/mol. The van der Waals surface area contributed by atoms with Crippen LogP contribution in [0.3, 0.4) is 0 Å². The molecule has 0 aromatic carbocycles. The van der Waals surface area contributed by atoms with E-state index in [0.717, 1.165) is 12.8 Å². The molecule has 2 fully saturated rings. The molecule has 1 spiro atoms. The monoisotopic (exact) mass is 328 g/mol. The Kier molecular flexibility index (Phi) is 4.79. The fourth-order valence-corrected chi connectivity index (χ4v) is 2.83. The molecule has 132 valence electrons. The molecule has 23 heavy (non-hydrogen) atoms. The van der Waals surface area contributed by atoms with Crippen LogP contribution in [0.1, 0.15) is 67.2 Å². The van der Waals surface area contributed by atoms with Crippen LogP contribution >= 0.6 is 0 Å². The molecule has 1 aliphatic carbocycles. The average Bonchev–Trinajstić information content (AvgIpc) is 2.93. The van der Waals surface area contributed by atoms with E-state index < -0.39 is 41.1 Å². The first-order chi connectivity index (χ1) is 10.4. The van der Waals surface area contributed by atoms with Crippen molar-refractivity contribution >= 4 is 11.9 Å². The summed E-state index contributed by atoms with van der Waals surface area (Å²) in [5, 5.41) is 0. The molecule has 6 nitrogen and oxygen atoms in total. The Morgan fingerprint density at radius 3 is 1.48 bits per heavy atom. The first-order valence-corrected chi connectivity index (χ1v) is 8.22. The summed E-state index contributed by atoms with van der Waals surface area (Å²) in [4.78, 5) is 24.9. The van der Waals surface area contributed by atoms with Crippen LogP contribution in [0.2, 0.25) is 0 Å². The van der Waals surface area contributed by atoms with E-state index in [9.17, 15) is 9.59 Å². The lowest BCUT2D eigenvalue weighted by atomic mass is 10.1. The highest BCUT2D eigenvalue weighted by molar-refractivity contribution is 5.86. The third-order valence-corrected chi connectivity index (χ3v) is 3.60. The van der Waals surface area contributed by atoms with Gasteiger partial charge in [-0.2, -0.15) is 0 Å². The summed E-state index contributed by atoms with van der Waals surface area (Å²) < 4.78 is 22.5. The molecule has 0 bridgehead atoms. The van der Waals surface area contributed by atoms with Gasteiger partial charge in [0.05, 0.1) is 0 Å². The SMILES string of the molecule is CC(C)(C)OC(=O)[C@H]1OC2(CCCC2)O[C@@H]1C(=O)OC(C)(C)C. The molecular weight excluding hydrogens is 300 g/mol. The van der Waals surface area contributed by atoms with Crippen molar-refractivity contribution in [2.75, 3.05) is 0 Å². The van der Waals surface area contributed by atoms with Gasteiger partial charge in [-0.25, -0.2) is 9.59 Å². The van der Waals surface area contributed by atoms with Gasteiger partial charge in [0.2, 0.25) is 0 Å². The first kappa shape index (κ1) is 18.2. The molecule has 0 N–H and O–H groups in total. The number of carbonyl (C=O) groups excluding carboxylic acids is 2. The van der Waals surface area contributed by atoms with E-state index in [1.54, 1.807) is 41.5 Å². The first-order valence-electron chi connectivity index (χ1n) is 8.22. The second-order valence-electron chi connectivity index (χ2n) is 8.26. The summed E-state index contributed by atoms with van der Waals surface area (Å²) >= 11 is 0. The van der Waals surface area contributed by atoms with Gasteiger partial charge in [-0.3, -0.25) is 0 Å². The molecule has 1 saturated heterocycles. The Labute approximate surface area is 137 Å². The standard InChI is InChI=1S/C17H28O6/c1-15(2,3)22-13(18)11-12(14(19)23-16(4,5)6)21-17(20-11)9-7-8-10-17/h11-12H,7-10H2,1-6H3/t11-,12-/m0/s1. The van der Waals surface area contributed by atoms with Crippen LogP contribution in [0, 0.1) is 0 Å². The molecule has 6 heteroatoms. The molecule has 2 rings (SSSR count).